The molecule has 2 rings (SSSR count). The highest BCUT2D eigenvalue weighted by Gasteiger charge is 1.99. The molecule has 2 heterocycles. The summed E-state index contributed by atoms with van der Waals surface area (Å²) in [6.45, 7) is 1.65. The Kier molecular flexibility index (Phi) is 3.01. The topological polar surface area (TPSA) is 30.9 Å². The fraction of sp³-hybridized carbons (Fsp3) is 0.273. The number of rotatable bonds is 4. The maximum absolute atomic E-state index is 5.63. The Balaban J connectivity index is 1.98. The third kappa shape index (κ3) is 2.05. The maximum atomic E-state index is 5.63. The van der Waals surface area contributed by atoms with Gasteiger partial charge in [-0.2, -0.15) is 11.3 Å². The second-order valence-electron chi connectivity index (χ2n) is 3.28. The van der Waals surface area contributed by atoms with Gasteiger partial charge in [-0.3, -0.25) is 0 Å². The van der Waals surface area contributed by atoms with E-state index in [2.05, 4.69) is 39.7 Å². The van der Waals surface area contributed by atoms with E-state index in [1.165, 1.54) is 11.3 Å². The van der Waals surface area contributed by atoms with Gasteiger partial charge in [0.15, 0.2) is 0 Å². The molecule has 2 aromatic heterocycles. The van der Waals surface area contributed by atoms with Crippen molar-refractivity contribution in [1.29, 1.82) is 0 Å². The number of thiophene rings is 1. The molecular formula is C11H14N2S. The van der Waals surface area contributed by atoms with E-state index >= 15 is 0 Å². The molecule has 0 aliphatic carbocycles. The minimum absolute atomic E-state index is 0.622. The molecule has 0 spiro atoms. The minimum atomic E-state index is 0.622. The van der Waals surface area contributed by atoms with Crippen LogP contribution in [0.5, 0.6) is 0 Å². The molecule has 0 bridgehead atoms. The zero-order valence-electron chi connectivity index (χ0n) is 8.02. The van der Waals surface area contributed by atoms with Crippen molar-refractivity contribution >= 4 is 11.3 Å². The van der Waals surface area contributed by atoms with Gasteiger partial charge in [-0.25, -0.2) is 0 Å². The highest BCUT2D eigenvalue weighted by molar-refractivity contribution is 7.07. The fourth-order valence-corrected chi connectivity index (χ4v) is 2.24. The van der Waals surface area contributed by atoms with E-state index in [1.807, 2.05) is 0 Å². The number of hydrogen-bond donors (Lipinski definition) is 1. The Morgan fingerprint density at radius 2 is 2.29 bits per heavy atom. The molecule has 0 amide bonds. The average molecular weight is 206 g/mol. The van der Waals surface area contributed by atoms with Gasteiger partial charge < -0.3 is 10.3 Å². The van der Waals surface area contributed by atoms with Gasteiger partial charge in [0.1, 0.15) is 0 Å². The molecule has 2 aromatic rings. The standard InChI is InChI=1S/C11H14N2S/c12-8-11-2-1-5-13(11)6-3-10-4-7-14-9-10/h1-2,4-5,7,9H,3,6,8,12H2. The van der Waals surface area contributed by atoms with Crippen molar-refractivity contribution in [3.63, 3.8) is 0 Å². The van der Waals surface area contributed by atoms with Crippen molar-refractivity contribution in [1.82, 2.24) is 4.57 Å². The summed E-state index contributed by atoms with van der Waals surface area (Å²) in [5, 5.41) is 4.32. The van der Waals surface area contributed by atoms with Gasteiger partial charge in [0.05, 0.1) is 0 Å². The third-order valence-corrected chi connectivity index (χ3v) is 3.09. The summed E-state index contributed by atoms with van der Waals surface area (Å²) < 4.78 is 2.22. The van der Waals surface area contributed by atoms with Gasteiger partial charge in [-0.1, -0.05) is 0 Å². The molecule has 0 radical (unpaired) electrons. The Morgan fingerprint density at radius 3 is 3.00 bits per heavy atom. The first-order chi connectivity index (χ1) is 6.90. The van der Waals surface area contributed by atoms with Gasteiger partial charge in [-0.05, 0) is 40.9 Å². The zero-order valence-corrected chi connectivity index (χ0v) is 8.83. The van der Waals surface area contributed by atoms with Crippen LogP contribution in [0.1, 0.15) is 11.3 Å². The first kappa shape index (κ1) is 9.49. The summed E-state index contributed by atoms with van der Waals surface area (Å²) in [5.41, 5.74) is 8.24. The van der Waals surface area contributed by atoms with E-state index in [-0.39, 0.29) is 0 Å². The molecule has 0 saturated carbocycles. The van der Waals surface area contributed by atoms with E-state index in [4.69, 9.17) is 5.73 Å². The van der Waals surface area contributed by atoms with Crippen LogP contribution in [0, 0.1) is 0 Å². The fourth-order valence-electron chi connectivity index (χ4n) is 1.54. The predicted octanol–water partition coefficient (Wildman–Crippen LogP) is 2.25. The lowest BCUT2D eigenvalue weighted by Crippen LogP contribution is -2.07. The van der Waals surface area contributed by atoms with Crippen LogP contribution in [0.3, 0.4) is 0 Å². The lowest BCUT2D eigenvalue weighted by atomic mass is 10.2. The maximum Gasteiger partial charge on any atom is 0.0334 e. The van der Waals surface area contributed by atoms with Crippen LogP contribution in [0.2, 0.25) is 0 Å². The van der Waals surface area contributed by atoms with Crippen molar-refractivity contribution in [2.75, 3.05) is 0 Å². The summed E-state index contributed by atoms with van der Waals surface area (Å²) in [6, 6.07) is 6.31. The summed E-state index contributed by atoms with van der Waals surface area (Å²) in [5.74, 6) is 0. The molecule has 0 aliphatic rings. The third-order valence-electron chi connectivity index (χ3n) is 2.35. The van der Waals surface area contributed by atoms with Crippen molar-refractivity contribution in [2.24, 2.45) is 5.73 Å². The number of nitrogens with zero attached hydrogens (tertiary/aromatic N) is 1. The number of aromatic nitrogens is 1. The largest absolute Gasteiger partial charge is 0.350 e. The van der Waals surface area contributed by atoms with Crippen molar-refractivity contribution < 1.29 is 0 Å². The highest BCUT2D eigenvalue weighted by Crippen LogP contribution is 2.09. The quantitative estimate of drug-likeness (QED) is 0.817. The lowest BCUT2D eigenvalue weighted by molar-refractivity contribution is 0.665. The van der Waals surface area contributed by atoms with Crippen molar-refractivity contribution in [2.45, 2.75) is 19.5 Å². The molecule has 0 saturated heterocycles. The molecule has 0 aliphatic heterocycles. The predicted molar refractivity (Wildman–Crippen MR) is 60.3 cm³/mol. The van der Waals surface area contributed by atoms with Crippen LogP contribution in [0.15, 0.2) is 35.2 Å². The first-order valence-corrected chi connectivity index (χ1v) is 5.69. The number of aryl methyl sites for hydroxylation is 2. The molecule has 2 nitrogen and oxygen atoms in total. The van der Waals surface area contributed by atoms with Crippen LogP contribution in [-0.2, 0) is 19.5 Å². The minimum Gasteiger partial charge on any atom is -0.350 e. The molecule has 0 unspecified atom stereocenters. The number of hydrogen-bond acceptors (Lipinski definition) is 2. The number of nitrogens with two attached hydrogens (primary N) is 1. The Bertz CT molecular complexity index is 376. The van der Waals surface area contributed by atoms with Crippen LogP contribution in [-0.4, -0.2) is 4.57 Å². The Labute approximate surface area is 88.0 Å². The van der Waals surface area contributed by atoms with Gasteiger partial charge in [0.25, 0.3) is 0 Å². The Morgan fingerprint density at radius 1 is 1.36 bits per heavy atom. The SMILES string of the molecule is NCc1cccn1CCc1ccsc1. The van der Waals surface area contributed by atoms with Crippen LogP contribution < -0.4 is 5.73 Å². The van der Waals surface area contributed by atoms with Gasteiger partial charge >= 0.3 is 0 Å². The normalized spacial score (nSPS) is 10.6. The molecule has 0 atom stereocenters. The van der Waals surface area contributed by atoms with Crippen molar-refractivity contribution in [3.05, 3.63) is 46.4 Å². The van der Waals surface area contributed by atoms with Crippen LogP contribution in [0.25, 0.3) is 0 Å². The van der Waals surface area contributed by atoms with Gasteiger partial charge in [0.2, 0.25) is 0 Å². The molecule has 14 heavy (non-hydrogen) atoms. The average Bonchev–Trinajstić information content (AvgIpc) is 2.85. The first-order valence-electron chi connectivity index (χ1n) is 4.75. The monoisotopic (exact) mass is 206 g/mol. The van der Waals surface area contributed by atoms with E-state index in [9.17, 15) is 0 Å². The highest BCUT2D eigenvalue weighted by atomic mass is 32.1. The van der Waals surface area contributed by atoms with Gasteiger partial charge in [0, 0.05) is 25.0 Å². The molecular weight excluding hydrogens is 192 g/mol. The second kappa shape index (κ2) is 4.44. The van der Waals surface area contributed by atoms with E-state index < -0.39 is 0 Å². The molecule has 0 fully saturated rings. The van der Waals surface area contributed by atoms with Gasteiger partial charge in [-0.15, -0.1) is 0 Å². The smallest absolute Gasteiger partial charge is 0.0334 e. The second-order valence-corrected chi connectivity index (χ2v) is 4.06. The Hall–Kier alpha value is -1.06. The van der Waals surface area contributed by atoms with Crippen molar-refractivity contribution in [3.8, 4) is 0 Å². The molecule has 3 heteroatoms. The summed E-state index contributed by atoms with van der Waals surface area (Å²) in [6.07, 6.45) is 3.18. The summed E-state index contributed by atoms with van der Waals surface area (Å²) in [4.78, 5) is 0. The van der Waals surface area contributed by atoms with E-state index in [0.717, 1.165) is 13.0 Å². The van der Waals surface area contributed by atoms with E-state index in [1.54, 1.807) is 11.3 Å². The summed E-state index contributed by atoms with van der Waals surface area (Å²) in [7, 11) is 0. The lowest BCUT2D eigenvalue weighted by Gasteiger charge is -2.06. The molecule has 74 valence electrons. The zero-order chi connectivity index (χ0) is 9.80. The summed E-state index contributed by atoms with van der Waals surface area (Å²) >= 11 is 1.75. The molecule has 0 aromatic carbocycles. The molecule has 2 N–H and O–H groups in total. The van der Waals surface area contributed by atoms with E-state index in [0.29, 0.717) is 6.54 Å². The van der Waals surface area contributed by atoms with Crippen LogP contribution >= 0.6 is 11.3 Å². The van der Waals surface area contributed by atoms with Crippen LogP contribution in [0.4, 0.5) is 0 Å².